The van der Waals surface area contributed by atoms with E-state index in [9.17, 15) is 16.8 Å². The van der Waals surface area contributed by atoms with Crippen LogP contribution in [0.1, 0.15) is 18.4 Å². The zero-order valence-electron chi connectivity index (χ0n) is 19.4. The Labute approximate surface area is 201 Å². The highest BCUT2D eigenvalue weighted by atomic mass is 32.2. The van der Waals surface area contributed by atoms with Gasteiger partial charge >= 0.3 is 0 Å². The largest absolute Gasteiger partial charge is 0.495 e. The molecule has 9 nitrogen and oxygen atoms in total. The fraction of sp³-hybridized carbons (Fsp3) is 0.478. The predicted molar refractivity (Wildman–Crippen MR) is 129 cm³/mol. The fourth-order valence-corrected chi connectivity index (χ4v) is 7.06. The number of sulfonamides is 2. The van der Waals surface area contributed by atoms with Crippen LogP contribution in [-0.4, -0.2) is 73.7 Å². The standard InChI is InChI=1S/C23H31N3O6S2/c1-18-6-3-4-8-23(18)34(29,30)26-13-11-25(12-14-26)21-16-20(9-10-22(21)31-2)33(27,28)24-17-19-7-5-15-32-19/h3-4,6,8-10,16,19,24H,5,7,11-15,17H2,1-2H3. The van der Waals surface area contributed by atoms with Crippen molar-refractivity contribution in [1.82, 2.24) is 9.03 Å². The van der Waals surface area contributed by atoms with Gasteiger partial charge in [-0.3, -0.25) is 0 Å². The minimum atomic E-state index is -3.73. The van der Waals surface area contributed by atoms with Crippen molar-refractivity contribution in [2.24, 2.45) is 0 Å². The zero-order chi connectivity index (χ0) is 24.3. The third-order valence-electron chi connectivity index (χ3n) is 6.28. The summed E-state index contributed by atoms with van der Waals surface area (Å²) in [5.41, 5.74) is 1.33. The highest BCUT2D eigenvalue weighted by Gasteiger charge is 2.31. The van der Waals surface area contributed by atoms with Crippen LogP contribution in [0.5, 0.6) is 5.75 Å². The lowest BCUT2D eigenvalue weighted by Crippen LogP contribution is -2.48. The number of anilines is 1. The molecule has 4 rings (SSSR count). The number of nitrogens with one attached hydrogen (secondary N) is 1. The second-order valence-electron chi connectivity index (χ2n) is 8.48. The molecule has 2 aromatic rings. The molecule has 1 atom stereocenters. The lowest BCUT2D eigenvalue weighted by Gasteiger charge is -2.36. The van der Waals surface area contributed by atoms with Gasteiger partial charge in [0.2, 0.25) is 20.0 Å². The minimum absolute atomic E-state index is 0.101. The molecular weight excluding hydrogens is 478 g/mol. The number of rotatable bonds is 8. The molecule has 2 heterocycles. The molecule has 1 unspecified atom stereocenters. The summed E-state index contributed by atoms with van der Waals surface area (Å²) >= 11 is 0. The molecule has 2 saturated heterocycles. The molecule has 2 fully saturated rings. The first-order valence-electron chi connectivity index (χ1n) is 11.3. The molecule has 34 heavy (non-hydrogen) atoms. The van der Waals surface area contributed by atoms with Crippen LogP contribution in [0.25, 0.3) is 0 Å². The van der Waals surface area contributed by atoms with Crippen molar-refractivity contribution in [2.75, 3.05) is 51.3 Å². The molecule has 1 N–H and O–H groups in total. The lowest BCUT2D eigenvalue weighted by molar-refractivity contribution is 0.114. The van der Waals surface area contributed by atoms with E-state index < -0.39 is 20.0 Å². The summed E-state index contributed by atoms with van der Waals surface area (Å²) in [7, 11) is -5.80. The maximum Gasteiger partial charge on any atom is 0.243 e. The predicted octanol–water partition coefficient (Wildman–Crippen LogP) is 1.97. The minimum Gasteiger partial charge on any atom is -0.495 e. The van der Waals surface area contributed by atoms with Crippen LogP contribution in [0.3, 0.4) is 0 Å². The van der Waals surface area contributed by atoms with Crippen molar-refractivity contribution in [2.45, 2.75) is 35.7 Å². The number of methoxy groups -OCH3 is 1. The Balaban J connectivity index is 1.49. The van der Waals surface area contributed by atoms with Gasteiger partial charge in [-0.25, -0.2) is 21.6 Å². The second-order valence-corrected chi connectivity index (χ2v) is 12.2. The number of benzene rings is 2. The summed E-state index contributed by atoms with van der Waals surface area (Å²) in [5, 5.41) is 0. The fourth-order valence-electron chi connectivity index (χ4n) is 4.33. The molecule has 0 saturated carbocycles. The van der Waals surface area contributed by atoms with E-state index in [0.29, 0.717) is 41.6 Å². The maximum atomic E-state index is 13.1. The van der Waals surface area contributed by atoms with E-state index in [1.807, 2.05) is 11.0 Å². The van der Waals surface area contributed by atoms with E-state index in [2.05, 4.69) is 4.72 Å². The molecule has 2 aromatic carbocycles. The van der Waals surface area contributed by atoms with Crippen molar-refractivity contribution in [1.29, 1.82) is 0 Å². The van der Waals surface area contributed by atoms with E-state index >= 15 is 0 Å². The molecule has 0 spiro atoms. The SMILES string of the molecule is COc1ccc(S(=O)(=O)NCC2CCCO2)cc1N1CCN(S(=O)(=O)c2ccccc2C)CC1. The second kappa shape index (κ2) is 10.2. The summed E-state index contributed by atoms with van der Waals surface area (Å²) in [6.45, 7) is 4.07. The molecular formula is C23H31N3O6S2. The highest BCUT2D eigenvalue weighted by Crippen LogP contribution is 2.32. The molecule has 0 radical (unpaired) electrons. The first-order chi connectivity index (χ1) is 16.2. The van der Waals surface area contributed by atoms with E-state index in [1.54, 1.807) is 37.3 Å². The number of hydrogen-bond donors (Lipinski definition) is 1. The highest BCUT2D eigenvalue weighted by molar-refractivity contribution is 7.89. The van der Waals surface area contributed by atoms with Crippen molar-refractivity contribution >= 4 is 25.7 Å². The average Bonchev–Trinajstić information content (AvgIpc) is 3.36. The van der Waals surface area contributed by atoms with Gasteiger partial charge in [0, 0.05) is 39.3 Å². The Hall–Kier alpha value is -2.18. The average molecular weight is 510 g/mol. The molecule has 11 heteroatoms. The zero-order valence-corrected chi connectivity index (χ0v) is 21.1. The number of piperazine rings is 1. The Morgan fingerprint density at radius 2 is 1.79 bits per heavy atom. The van der Waals surface area contributed by atoms with Crippen LogP contribution < -0.4 is 14.4 Å². The van der Waals surface area contributed by atoms with Gasteiger partial charge < -0.3 is 14.4 Å². The smallest absolute Gasteiger partial charge is 0.243 e. The first kappa shape index (κ1) is 24.9. The van der Waals surface area contributed by atoms with Gasteiger partial charge in [-0.2, -0.15) is 4.31 Å². The molecule has 2 aliphatic rings. The van der Waals surface area contributed by atoms with Crippen LogP contribution in [-0.2, 0) is 24.8 Å². The van der Waals surface area contributed by atoms with Gasteiger partial charge in [-0.15, -0.1) is 0 Å². The normalized spacial score (nSPS) is 19.9. The van der Waals surface area contributed by atoms with E-state index in [0.717, 1.165) is 12.8 Å². The van der Waals surface area contributed by atoms with E-state index in [1.165, 1.54) is 17.5 Å². The van der Waals surface area contributed by atoms with Crippen LogP contribution in [0.2, 0.25) is 0 Å². The maximum absolute atomic E-state index is 13.1. The number of nitrogens with zero attached hydrogens (tertiary/aromatic N) is 2. The van der Waals surface area contributed by atoms with Gasteiger partial charge in [-0.05, 0) is 49.6 Å². The Bertz CT molecular complexity index is 1220. The van der Waals surface area contributed by atoms with Crippen LogP contribution in [0.4, 0.5) is 5.69 Å². The van der Waals surface area contributed by atoms with Crippen molar-refractivity contribution in [3.8, 4) is 5.75 Å². The molecule has 0 bridgehead atoms. The molecule has 186 valence electrons. The van der Waals surface area contributed by atoms with Gasteiger partial charge in [0.1, 0.15) is 5.75 Å². The van der Waals surface area contributed by atoms with Crippen LogP contribution in [0.15, 0.2) is 52.3 Å². The topological polar surface area (TPSA) is 105 Å². The Kier molecular flexibility index (Phi) is 7.48. The number of hydrogen-bond acceptors (Lipinski definition) is 7. The van der Waals surface area contributed by atoms with Crippen LogP contribution in [0, 0.1) is 6.92 Å². The van der Waals surface area contributed by atoms with Crippen molar-refractivity contribution < 1.29 is 26.3 Å². The molecule has 0 aliphatic carbocycles. The van der Waals surface area contributed by atoms with E-state index in [4.69, 9.17) is 9.47 Å². The van der Waals surface area contributed by atoms with Crippen LogP contribution >= 0.6 is 0 Å². The number of ether oxygens (including phenoxy) is 2. The Morgan fingerprint density at radius 3 is 2.44 bits per heavy atom. The van der Waals surface area contributed by atoms with Gasteiger partial charge in [-0.1, -0.05) is 18.2 Å². The quantitative estimate of drug-likeness (QED) is 0.580. The molecule has 2 aliphatic heterocycles. The third-order valence-corrected chi connectivity index (χ3v) is 9.76. The Morgan fingerprint density at radius 1 is 1.06 bits per heavy atom. The molecule has 0 aromatic heterocycles. The van der Waals surface area contributed by atoms with Crippen molar-refractivity contribution in [3.05, 3.63) is 48.0 Å². The summed E-state index contributed by atoms with van der Waals surface area (Å²) in [4.78, 5) is 2.41. The molecule has 0 amide bonds. The third kappa shape index (κ3) is 5.23. The summed E-state index contributed by atoms with van der Waals surface area (Å²) in [6, 6.07) is 11.7. The first-order valence-corrected chi connectivity index (χ1v) is 14.2. The van der Waals surface area contributed by atoms with E-state index in [-0.39, 0.29) is 30.6 Å². The van der Waals surface area contributed by atoms with Crippen molar-refractivity contribution in [3.63, 3.8) is 0 Å². The number of aryl methyl sites for hydroxylation is 1. The summed E-state index contributed by atoms with van der Waals surface area (Å²) in [5.74, 6) is 0.535. The monoisotopic (exact) mass is 509 g/mol. The van der Waals surface area contributed by atoms with Gasteiger partial charge in [0.05, 0.1) is 28.7 Å². The van der Waals surface area contributed by atoms with Gasteiger partial charge in [0.25, 0.3) is 0 Å². The van der Waals surface area contributed by atoms with Gasteiger partial charge in [0.15, 0.2) is 0 Å². The lowest BCUT2D eigenvalue weighted by atomic mass is 10.2. The summed E-state index contributed by atoms with van der Waals surface area (Å²) in [6.07, 6.45) is 1.67. The summed E-state index contributed by atoms with van der Waals surface area (Å²) < 4.78 is 67.1.